The van der Waals surface area contributed by atoms with Gasteiger partial charge >= 0.3 is 11.8 Å². The van der Waals surface area contributed by atoms with E-state index in [2.05, 4.69) is 15.8 Å². The van der Waals surface area contributed by atoms with Gasteiger partial charge in [-0.15, -0.1) is 0 Å². The molecule has 2 N–H and O–H groups in total. The highest BCUT2D eigenvalue weighted by atomic mass is 35.5. The Morgan fingerprint density at radius 1 is 0.971 bits per heavy atom. The van der Waals surface area contributed by atoms with E-state index in [1.807, 2.05) is 37.3 Å². The highest BCUT2D eigenvalue weighted by Gasteiger charge is 2.15. The summed E-state index contributed by atoms with van der Waals surface area (Å²) in [4.78, 5) is 24.3. The van der Waals surface area contributed by atoms with Crippen LogP contribution in [0.2, 0.25) is 10.0 Å². The van der Waals surface area contributed by atoms with Gasteiger partial charge in [0.25, 0.3) is 0 Å². The molecule has 3 aromatic rings. The molecule has 0 aromatic heterocycles. The third-order valence-electron chi connectivity index (χ3n) is 4.81. The van der Waals surface area contributed by atoms with Gasteiger partial charge in [-0.1, -0.05) is 66.5 Å². The van der Waals surface area contributed by atoms with Crippen molar-refractivity contribution in [2.75, 3.05) is 12.4 Å². The normalized spacial score (nSPS) is 10.7. The molecule has 0 atom stereocenters. The van der Waals surface area contributed by atoms with Crippen molar-refractivity contribution in [1.82, 2.24) is 5.43 Å². The SMILES string of the molecule is CCc1ccccc1NC(=O)C(=O)N/N=C\c1cc(Cl)c(OCc2ccccc2Cl)c(OC)c1. The Hall–Kier alpha value is -3.55. The lowest BCUT2D eigenvalue weighted by Gasteiger charge is -2.14. The van der Waals surface area contributed by atoms with Crippen LogP contribution in [0.5, 0.6) is 11.5 Å². The van der Waals surface area contributed by atoms with Crippen molar-refractivity contribution in [2.45, 2.75) is 20.0 Å². The minimum Gasteiger partial charge on any atom is -0.493 e. The van der Waals surface area contributed by atoms with Crippen LogP contribution >= 0.6 is 23.2 Å². The smallest absolute Gasteiger partial charge is 0.329 e. The van der Waals surface area contributed by atoms with Crippen molar-refractivity contribution in [3.63, 3.8) is 0 Å². The van der Waals surface area contributed by atoms with Crippen molar-refractivity contribution in [3.05, 3.63) is 87.4 Å². The van der Waals surface area contributed by atoms with Crippen molar-refractivity contribution >= 4 is 46.9 Å². The molecule has 0 spiro atoms. The first-order valence-electron chi connectivity index (χ1n) is 10.4. The number of benzene rings is 3. The average Bonchev–Trinajstić information content (AvgIpc) is 2.84. The fourth-order valence-electron chi connectivity index (χ4n) is 3.07. The maximum absolute atomic E-state index is 12.2. The second-order valence-corrected chi connectivity index (χ2v) is 7.89. The zero-order chi connectivity index (χ0) is 24.5. The number of nitrogens with zero attached hydrogens (tertiary/aromatic N) is 1. The summed E-state index contributed by atoms with van der Waals surface area (Å²) in [5, 5.41) is 7.29. The van der Waals surface area contributed by atoms with Crippen LogP contribution in [0.3, 0.4) is 0 Å². The molecule has 0 aliphatic rings. The molecular formula is C25H23Cl2N3O4. The number of amides is 2. The van der Waals surface area contributed by atoms with Gasteiger partial charge in [-0.2, -0.15) is 5.10 Å². The highest BCUT2D eigenvalue weighted by molar-refractivity contribution is 6.39. The fourth-order valence-corrected chi connectivity index (χ4v) is 3.53. The van der Waals surface area contributed by atoms with Crippen LogP contribution in [0.1, 0.15) is 23.6 Å². The summed E-state index contributed by atoms with van der Waals surface area (Å²) in [6.45, 7) is 2.16. The molecular weight excluding hydrogens is 477 g/mol. The molecule has 0 saturated heterocycles. The molecule has 176 valence electrons. The van der Waals surface area contributed by atoms with Gasteiger partial charge in [0.15, 0.2) is 11.5 Å². The van der Waals surface area contributed by atoms with Gasteiger partial charge in [0.05, 0.1) is 18.3 Å². The Balaban J connectivity index is 1.64. The van der Waals surface area contributed by atoms with Gasteiger partial charge < -0.3 is 14.8 Å². The van der Waals surface area contributed by atoms with Crippen molar-refractivity contribution in [2.24, 2.45) is 5.10 Å². The molecule has 0 saturated carbocycles. The highest BCUT2D eigenvalue weighted by Crippen LogP contribution is 2.37. The van der Waals surface area contributed by atoms with Crippen molar-refractivity contribution < 1.29 is 19.1 Å². The fraction of sp³-hybridized carbons (Fsp3) is 0.160. The van der Waals surface area contributed by atoms with Crippen LogP contribution in [0.15, 0.2) is 65.8 Å². The molecule has 2 amide bonds. The first-order chi connectivity index (χ1) is 16.4. The van der Waals surface area contributed by atoms with E-state index in [0.29, 0.717) is 27.8 Å². The molecule has 0 bridgehead atoms. The lowest BCUT2D eigenvalue weighted by molar-refractivity contribution is -0.136. The molecule has 9 heteroatoms. The van der Waals surface area contributed by atoms with Gasteiger partial charge in [0.1, 0.15) is 6.61 Å². The number of hydrogen-bond acceptors (Lipinski definition) is 5. The number of hydrazone groups is 1. The van der Waals surface area contributed by atoms with E-state index in [9.17, 15) is 9.59 Å². The van der Waals surface area contributed by atoms with Gasteiger partial charge in [-0.25, -0.2) is 5.43 Å². The summed E-state index contributed by atoms with van der Waals surface area (Å²) in [5.74, 6) is -1.00. The number of halogens is 2. The number of carbonyl (C=O) groups excluding carboxylic acids is 2. The number of ether oxygens (including phenoxy) is 2. The lowest BCUT2D eigenvalue weighted by Crippen LogP contribution is -2.32. The Kier molecular flexibility index (Phi) is 8.90. The molecule has 0 aliphatic heterocycles. The minimum atomic E-state index is -0.903. The molecule has 0 heterocycles. The van der Waals surface area contributed by atoms with Crippen LogP contribution in [0.4, 0.5) is 5.69 Å². The third-order valence-corrected chi connectivity index (χ3v) is 5.46. The topological polar surface area (TPSA) is 89.0 Å². The summed E-state index contributed by atoms with van der Waals surface area (Å²) < 4.78 is 11.2. The number of para-hydroxylation sites is 1. The lowest BCUT2D eigenvalue weighted by atomic mass is 10.1. The van der Waals surface area contributed by atoms with Crippen LogP contribution in [-0.2, 0) is 22.6 Å². The van der Waals surface area contributed by atoms with Crippen LogP contribution in [0, 0.1) is 0 Å². The zero-order valence-corrected chi connectivity index (χ0v) is 20.1. The Morgan fingerprint density at radius 3 is 2.38 bits per heavy atom. The molecule has 0 aliphatic carbocycles. The van der Waals surface area contributed by atoms with Gasteiger partial charge in [-0.05, 0) is 41.8 Å². The monoisotopic (exact) mass is 499 g/mol. The van der Waals surface area contributed by atoms with Crippen molar-refractivity contribution in [3.8, 4) is 11.5 Å². The summed E-state index contributed by atoms with van der Waals surface area (Å²) in [7, 11) is 1.48. The summed E-state index contributed by atoms with van der Waals surface area (Å²) in [5.41, 5.74) is 5.04. The number of hydrogen-bond donors (Lipinski definition) is 2. The quantitative estimate of drug-likeness (QED) is 0.252. The molecule has 3 rings (SSSR count). The number of nitrogens with one attached hydrogen (secondary N) is 2. The minimum absolute atomic E-state index is 0.204. The summed E-state index contributed by atoms with van der Waals surface area (Å²) in [6.07, 6.45) is 2.06. The van der Waals surface area contributed by atoms with Crippen molar-refractivity contribution in [1.29, 1.82) is 0 Å². The number of carbonyl (C=O) groups is 2. The van der Waals surface area contributed by atoms with E-state index < -0.39 is 11.8 Å². The Labute approximate surface area is 207 Å². The van der Waals surface area contributed by atoms with E-state index in [-0.39, 0.29) is 11.6 Å². The Morgan fingerprint density at radius 2 is 1.68 bits per heavy atom. The third kappa shape index (κ3) is 6.50. The maximum atomic E-state index is 12.2. The summed E-state index contributed by atoms with van der Waals surface area (Å²) in [6, 6.07) is 17.8. The number of rotatable bonds is 8. The Bertz CT molecular complexity index is 1210. The molecule has 34 heavy (non-hydrogen) atoms. The van der Waals surface area contributed by atoms with E-state index in [4.69, 9.17) is 32.7 Å². The van der Waals surface area contributed by atoms with Crippen LogP contribution in [0.25, 0.3) is 0 Å². The predicted molar refractivity (Wildman–Crippen MR) is 134 cm³/mol. The second kappa shape index (κ2) is 12.1. The largest absolute Gasteiger partial charge is 0.493 e. The standard InChI is InChI=1S/C25H23Cl2N3O4/c1-3-17-8-5-7-11-21(17)29-24(31)25(32)30-28-14-16-12-20(27)23(22(13-16)33-2)34-15-18-9-4-6-10-19(18)26/h4-14H,3,15H2,1-2H3,(H,29,31)(H,30,32)/b28-14-. The van der Waals surface area contributed by atoms with E-state index >= 15 is 0 Å². The molecule has 3 aromatic carbocycles. The summed E-state index contributed by atoms with van der Waals surface area (Å²) >= 11 is 12.5. The molecule has 0 fully saturated rings. The van der Waals surface area contributed by atoms with Gasteiger partial charge in [0, 0.05) is 16.3 Å². The number of anilines is 1. The van der Waals surface area contributed by atoms with Gasteiger partial charge in [0.2, 0.25) is 0 Å². The second-order valence-electron chi connectivity index (χ2n) is 7.08. The zero-order valence-electron chi connectivity index (χ0n) is 18.6. The number of aryl methyl sites for hydroxylation is 1. The first kappa shape index (κ1) is 25.1. The van der Waals surface area contributed by atoms with Crippen LogP contribution in [-0.4, -0.2) is 25.1 Å². The first-order valence-corrected chi connectivity index (χ1v) is 11.1. The average molecular weight is 500 g/mol. The number of methoxy groups -OCH3 is 1. The van der Waals surface area contributed by atoms with E-state index in [0.717, 1.165) is 17.5 Å². The van der Waals surface area contributed by atoms with Gasteiger partial charge in [-0.3, -0.25) is 9.59 Å². The molecule has 0 unspecified atom stereocenters. The maximum Gasteiger partial charge on any atom is 0.329 e. The van der Waals surface area contributed by atoms with Crippen LogP contribution < -0.4 is 20.2 Å². The molecule has 0 radical (unpaired) electrons. The predicted octanol–water partition coefficient (Wildman–Crippen LogP) is 5.23. The molecule has 7 nitrogen and oxygen atoms in total. The van der Waals surface area contributed by atoms with E-state index in [1.54, 1.807) is 30.3 Å². The van der Waals surface area contributed by atoms with E-state index in [1.165, 1.54) is 13.3 Å².